The molecule has 26 heavy (non-hydrogen) atoms. The van der Waals surface area contributed by atoms with Gasteiger partial charge in [-0.3, -0.25) is 4.79 Å². The molecule has 0 spiro atoms. The molecule has 2 saturated carbocycles. The van der Waals surface area contributed by atoms with Crippen molar-refractivity contribution in [1.29, 1.82) is 0 Å². The molecule has 0 aromatic heterocycles. The van der Waals surface area contributed by atoms with Crippen molar-refractivity contribution in [3.8, 4) is 0 Å². The van der Waals surface area contributed by atoms with Crippen LogP contribution in [0.4, 0.5) is 0 Å². The standard InChI is InChI=1S/C20H26O6/c1-9(8-21)5-16(23)25-15-6-10(2)13-7-14(22)11(3)17(13)19-18(15)12(4)20(24)26-19/h5,12-15,17-19,21-22H,2-3,6-8H2,1,4H3. The summed E-state index contributed by atoms with van der Waals surface area (Å²) in [7, 11) is 0. The van der Waals surface area contributed by atoms with Crippen molar-refractivity contribution in [1.82, 2.24) is 0 Å². The van der Waals surface area contributed by atoms with Gasteiger partial charge in [-0.15, -0.1) is 0 Å². The van der Waals surface area contributed by atoms with Crippen LogP contribution in [0.2, 0.25) is 0 Å². The van der Waals surface area contributed by atoms with Gasteiger partial charge < -0.3 is 19.7 Å². The third-order valence-electron chi connectivity index (χ3n) is 6.00. The van der Waals surface area contributed by atoms with Crippen molar-refractivity contribution >= 4 is 11.9 Å². The van der Waals surface area contributed by atoms with E-state index in [9.17, 15) is 14.7 Å². The molecule has 6 heteroatoms. The first kappa shape index (κ1) is 18.9. The van der Waals surface area contributed by atoms with Crippen molar-refractivity contribution in [2.75, 3.05) is 6.61 Å². The fraction of sp³-hybridized carbons (Fsp3) is 0.600. The number of aliphatic hydroxyl groups excluding tert-OH is 2. The number of aliphatic hydroxyl groups is 2. The Morgan fingerprint density at radius 1 is 1.42 bits per heavy atom. The molecule has 1 heterocycles. The highest BCUT2D eigenvalue weighted by atomic mass is 16.6. The first-order valence-corrected chi connectivity index (χ1v) is 8.98. The van der Waals surface area contributed by atoms with Gasteiger partial charge in [0.25, 0.3) is 0 Å². The molecule has 3 fully saturated rings. The summed E-state index contributed by atoms with van der Waals surface area (Å²) in [5.74, 6) is -1.84. The Balaban J connectivity index is 1.92. The summed E-state index contributed by atoms with van der Waals surface area (Å²) < 4.78 is 11.3. The summed E-state index contributed by atoms with van der Waals surface area (Å²) in [5.41, 5.74) is 2.04. The number of esters is 2. The van der Waals surface area contributed by atoms with Gasteiger partial charge in [0, 0.05) is 24.3 Å². The number of fused-ring (bicyclic) bond motifs is 3. The average molecular weight is 362 g/mol. The molecular weight excluding hydrogens is 336 g/mol. The molecule has 3 aliphatic rings. The molecule has 2 aliphatic carbocycles. The molecule has 3 rings (SSSR count). The van der Waals surface area contributed by atoms with Gasteiger partial charge in [0.05, 0.1) is 18.6 Å². The summed E-state index contributed by atoms with van der Waals surface area (Å²) in [4.78, 5) is 24.5. The monoisotopic (exact) mass is 362 g/mol. The van der Waals surface area contributed by atoms with Crippen LogP contribution >= 0.6 is 0 Å². The maximum Gasteiger partial charge on any atom is 0.331 e. The summed E-state index contributed by atoms with van der Waals surface area (Å²) in [6.07, 6.45) is 0.523. The lowest BCUT2D eigenvalue weighted by Crippen LogP contribution is -2.37. The van der Waals surface area contributed by atoms with Crippen molar-refractivity contribution in [3.05, 3.63) is 36.0 Å². The zero-order valence-corrected chi connectivity index (χ0v) is 15.2. The van der Waals surface area contributed by atoms with Gasteiger partial charge in [0.1, 0.15) is 12.2 Å². The van der Waals surface area contributed by atoms with Crippen LogP contribution in [0.15, 0.2) is 36.0 Å². The second kappa shape index (κ2) is 7.00. The molecule has 142 valence electrons. The predicted molar refractivity (Wildman–Crippen MR) is 93.8 cm³/mol. The maximum atomic E-state index is 12.2. The smallest absolute Gasteiger partial charge is 0.331 e. The Bertz CT molecular complexity index is 678. The van der Waals surface area contributed by atoms with E-state index in [0.717, 1.165) is 5.57 Å². The van der Waals surface area contributed by atoms with Gasteiger partial charge in [-0.2, -0.15) is 0 Å². The van der Waals surface area contributed by atoms with Crippen LogP contribution in [-0.4, -0.2) is 47.1 Å². The van der Waals surface area contributed by atoms with Gasteiger partial charge in [0.15, 0.2) is 0 Å². The zero-order chi connectivity index (χ0) is 19.2. The number of hydrogen-bond acceptors (Lipinski definition) is 6. The number of ether oxygens (including phenoxy) is 2. The SMILES string of the molecule is C=C1CC(OC(=O)C=C(C)CO)C2C(C)C(=O)OC2C2C(=C)C(O)CC12. The van der Waals surface area contributed by atoms with Gasteiger partial charge in [-0.1, -0.05) is 25.7 Å². The molecule has 0 aromatic rings. The van der Waals surface area contributed by atoms with E-state index in [1.807, 2.05) is 0 Å². The van der Waals surface area contributed by atoms with E-state index in [1.54, 1.807) is 13.8 Å². The molecule has 1 saturated heterocycles. The Hall–Kier alpha value is -1.92. The maximum absolute atomic E-state index is 12.2. The third kappa shape index (κ3) is 3.12. The van der Waals surface area contributed by atoms with Gasteiger partial charge in [-0.25, -0.2) is 4.79 Å². The van der Waals surface area contributed by atoms with Crippen LogP contribution in [0.5, 0.6) is 0 Å². The number of carbonyl (C=O) groups is 2. The Labute approximate surface area is 153 Å². The van der Waals surface area contributed by atoms with Crippen LogP contribution in [0.25, 0.3) is 0 Å². The lowest BCUT2D eigenvalue weighted by atomic mass is 9.79. The van der Waals surface area contributed by atoms with E-state index >= 15 is 0 Å². The van der Waals surface area contributed by atoms with Crippen LogP contribution in [0.3, 0.4) is 0 Å². The fourth-order valence-electron chi connectivity index (χ4n) is 4.58. The molecule has 6 nitrogen and oxygen atoms in total. The normalized spacial score (nSPS) is 39.9. The van der Waals surface area contributed by atoms with Crippen LogP contribution in [-0.2, 0) is 19.1 Å². The van der Waals surface area contributed by atoms with E-state index < -0.39 is 30.2 Å². The predicted octanol–water partition coefficient (Wildman–Crippen LogP) is 1.53. The number of carbonyl (C=O) groups excluding carboxylic acids is 2. The third-order valence-corrected chi connectivity index (χ3v) is 6.00. The molecular formula is C20H26O6. The summed E-state index contributed by atoms with van der Waals surface area (Å²) in [5, 5.41) is 19.3. The molecule has 0 aromatic carbocycles. The van der Waals surface area contributed by atoms with Gasteiger partial charge in [0.2, 0.25) is 0 Å². The Kier molecular flexibility index (Phi) is 5.08. The summed E-state index contributed by atoms with van der Waals surface area (Å²) in [6.45, 7) is 11.4. The molecule has 0 radical (unpaired) electrons. The minimum absolute atomic E-state index is 0.0403. The summed E-state index contributed by atoms with van der Waals surface area (Å²) >= 11 is 0. The molecule has 0 amide bonds. The zero-order valence-electron chi connectivity index (χ0n) is 15.2. The minimum atomic E-state index is -0.633. The molecule has 0 bridgehead atoms. The highest BCUT2D eigenvalue weighted by Gasteiger charge is 2.57. The van der Waals surface area contributed by atoms with Crippen LogP contribution < -0.4 is 0 Å². The van der Waals surface area contributed by atoms with Gasteiger partial charge in [-0.05, 0) is 30.4 Å². The van der Waals surface area contributed by atoms with Crippen molar-refractivity contribution in [2.45, 2.75) is 45.0 Å². The Morgan fingerprint density at radius 2 is 2.12 bits per heavy atom. The van der Waals surface area contributed by atoms with E-state index in [1.165, 1.54) is 6.08 Å². The Morgan fingerprint density at radius 3 is 2.77 bits per heavy atom. The van der Waals surface area contributed by atoms with Crippen molar-refractivity contribution in [3.63, 3.8) is 0 Å². The first-order valence-electron chi connectivity index (χ1n) is 8.98. The van der Waals surface area contributed by atoms with E-state index in [4.69, 9.17) is 14.6 Å². The fourth-order valence-corrected chi connectivity index (χ4v) is 4.58. The largest absolute Gasteiger partial charge is 0.461 e. The molecule has 1 aliphatic heterocycles. The van der Waals surface area contributed by atoms with Gasteiger partial charge >= 0.3 is 11.9 Å². The summed E-state index contributed by atoms with van der Waals surface area (Å²) in [6, 6.07) is 0. The number of hydrogen-bond donors (Lipinski definition) is 2. The molecule has 2 N–H and O–H groups in total. The highest BCUT2D eigenvalue weighted by molar-refractivity contribution is 5.83. The van der Waals surface area contributed by atoms with Crippen LogP contribution in [0, 0.1) is 23.7 Å². The van der Waals surface area contributed by atoms with Crippen molar-refractivity contribution < 1.29 is 29.3 Å². The topological polar surface area (TPSA) is 93.1 Å². The van der Waals surface area contributed by atoms with E-state index in [0.29, 0.717) is 24.0 Å². The first-order chi connectivity index (χ1) is 12.2. The van der Waals surface area contributed by atoms with Crippen LogP contribution in [0.1, 0.15) is 26.7 Å². The second-order valence-electron chi connectivity index (χ2n) is 7.71. The van der Waals surface area contributed by atoms with Crippen molar-refractivity contribution in [2.24, 2.45) is 23.7 Å². The minimum Gasteiger partial charge on any atom is -0.461 e. The lowest BCUT2D eigenvalue weighted by Gasteiger charge is -2.29. The molecule has 7 atom stereocenters. The van der Waals surface area contributed by atoms with E-state index in [2.05, 4.69) is 13.2 Å². The quantitative estimate of drug-likeness (QED) is 0.449. The molecule has 7 unspecified atom stereocenters. The highest BCUT2D eigenvalue weighted by Crippen LogP contribution is 2.52. The van der Waals surface area contributed by atoms with E-state index in [-0.39, 0.29) is 30.3 Å². The lowest BCUT2D eigenvalue weighted by molar-refractivity contribution is -0.147. The average Bonchev–Trinajstić information content (AvgIpc) is 2.99. The number of rotatable bonds is 3. The second-order valence-corrected chi connectivity index (χ2v) is 7.71.